The number of aliphatic hydroxyl groups excluding tert-OH is 1. The number of carbonyl (C=O) groups is 2. The molecule has 0 bridgehead atoms. The second-order valence-corrected chi connectivity index (χ2v) is 10.5. The number of hydrogen-bond donors (Lipinski definition) is 1. The average molecular weight is 479 g/mol. The smallest absolute Gasteiger partial charge is 0.295 e. The van der Waals surface area contributed by atoms with Crippen LogP contribution in [0, 0.1) is 6.92 Å². The first-order valence-corrected chi connectivity index (χ1v) is 12.2. The van der Waals surface area contributed by atoms with E-state index in [4.69, 9.17) is 4.74 Å². The molecule has 1 aliphatic rings. The largest absolute Gasteiger partial charge is 0.507 e. The summed E-state index contributed by atoms with van der Waals surface area (Å²) >= 11 is 0. The highest BCUT2D eigenvalue weighted by atomic mass is 16.5. The maximum Gasteiger partial charge on any atom is 0.295 e. The molecular formula is C29H38N2O4. The lowest BCUT2D eigenvalue weighted by Gasteiger charge is -2.27. The molecule has 1 amide bonds. The number of nitrogens with zero attached hydrogens (tertiary/aromatic N) is 2. The van der Waals surface area contributed by atoms with Crippen molar-refractivity contribution in [2.75, 3.05) is 33.8 Å². The highest BCUT2D eigenvalue weighted by Gasteiger charge is 2.46. The van der Waals surface area contributed by atoms with E-state index in [1.54, 1.807) is 17.0 Å². The normalized spacial score (nSPS) is 17.9. The van der Waals surface area contributed by atoms with Crippen molar-refractivity contribution in [1.82, 2.24) is 9.80 Å². The Hall–Kier alpha value is -3.12. The van der Waals surface area contributed by atoms with Crippen LogP contribution in [-0.4, -0.2) is 60.4 Å². The molecule has 2 aromatic carbocycles. The Balaban J connectivity index is 2.12. The summed E-state index contributed by atoms with van der Waals surface area (Å²) in [5.74, 6) is -0.683. The van der Waals surface area contributed by atoms with Crippen molar-refractivity contribution < 1.29 is 19.4 Å². The Kier molecular flexibility index (Phi) is 8.06. The summed E-state index contributed by atoms with van der Waals surface area (Å²) in [6, 6.07) is 12.7. The van der Waals surface area contributed by atoms with Gasteiger partial charge in [-0.15, -0.1) is 0 Å². The van der Waals surface area contributed by atoms with E-state index in [9.17, 15) is 14.7 Å². The van der Waals surface area contributed by atoms with Crippen molar-refractivity contribution in [3.05, 3.63) is 70.3 Å². The van der Waals surface area contributed by atoms with Gasteiger partial charge >= 0.3 is 0 Å². The van der Waals surface area contributed by atoms with E-state index in [2.05, 4.69) is 20.8 Å². The molecule has 35 heavy (non-hydrogen) atoms. The molecule has 0 aromatic heterocycles. The molecule has 0 spiro atoms. The van der Waals surface area contributed by atoms with Gasteiger partial charge < -0.3 is 19.6 Å². The second kappa shape index (κ2) is 10.6. The molecule has 0 radical (unpaired) electrons. The lowest BCUT2D eigenvalue weighted by atomic mass is 9.85. The van der Waals surface area contributed by atoms with Gasteiger partial charge in [0.25, 0.3) is 11.7 Å². The van der Waals surface area contributed by atoms with E-state index < -0.39 is 17.7 Å². The first kappa shape index (κ1) is 26.5. The van der Waals surface area contributed by atoms with Crippen molar-refractivity contribution in [3.63, 3.8) is 0 Å². The quantitative estimate of drug-likeness (QED) is 0.326. The number of likely N-dealkylation sites (N-methyl/N-ethyl adjacent to an activating group) is 1. The van der Waals surface area contributed by atoms with E-state index in [0.29, 0.717) is 31.0 Å². The Morgan fingerprint density at radius 1 is 1.09 bits per heavy atom. The van der Waals surface area contributed by atoms with Crippen LogP contribution in [0.2, 0.25) is 0 Å². The van der Waals surface area contributed by atoms with Crippen molar-refractivity contribution in [1.29, 1.82) is 0 Å². The highest BCUT2D eigenvalue weighted by Crippen LogP contribution is 2.40. The molecule has 0 saturated carbocycles. The van der Waals surface area contributed by atoms with Gasteiger partial charge in [-0.3, -0.25) is 9.59 Å². The molecule has 1 unspecified atom stereocenters. The van der Waals surface area contributed by atoms with E-state index in [0.717, 1.165) is 23.1 Å². The van der Waals surface area contributed by atoms with Crippen LogP contribution in [0.1, 0.15) is 62.4 Å². The molecule has 2 aromatic rings. The monoisotopic (exact) mass is 478 g/mol. The maximum absolute atomic E-state index is 13.3. The molecule has 3 rings (SSSR count). The van der Waals surface area contributed by atoms with Crippen LogP contribution in [0.3, 0.4) is 0 Å². The fourth-order valence-corrected chi connectivity index (χ4v) is 4.29. The van der Waals surface area contributed by atoms with Gasteiger partial charge in [0.05, 0.1) is 18.2 Å². The van der Waals surface area contributed by atoms with Crippen molar-refractivity contribution in [3.8, 4) is 5.75 Å². The van der Waals surface area contributed by atoms with Gasteiger partial charge in [0.2, 0.25) is 0 Å². The number of likely N-dealkylation sites (tertiary alicyclic amines) is 1. The van der Waals surface area contributed by atoms with Crippen molar-refractivity contribution in [2.45, 2.75) is 52.5 Å². The lowest BCUT2D eigenvalue weighted by Crippen LogP contribution is -2.35. The van der Waals surface area contributed by atoms with Crippen LogP contribution in [0.5, 0.6) is 5.75 Å². The summed E-state index contributed by atoms with van der Waals surface area (Å²) in [7, 11) is 3.85. The molecular weight excluding hydrogens is 440 g/mol. The van der Waals surface area contributed by atoms with Gasteiger partial charge in [-0.1, -0.05) is 52.0 Å². The number of aliphatic hydroxyl groups is 1. The standard InChI is InChI=1S/C29H38N2O4/c1-8-17-35-22-13-14-23(19(2)18-22)26(32)24-25(20-9-11-21(12-10-20)29(3,4)5)31(16-15-30(6)7)28(34)27(24)33/h9-14,18,25,32H,8,15-17H2,1-7H3/b26-24-. The molecule has 0 aliphatic carbocycles. The minimum atomic E-state index is -0.656. The number of amides is 1. The number of hydrogen-bond acceptors (Lipinski definition) is 5. The molecule has 1 aliphatic heterocycles. The minimum Gasteiger partial charge on any atom is -0.507 e. The summed E-state index contributed by atoms with van der Waals surface area (Å²) in [6.45, 7) is 11.9. The third-order valence-electron chi connectivity index (χ3n) is 6.35. The topological polar surface area (TPSA) is 70.1 Å². The highest BCUT2D eigenvalue weighted by molar-refractivity contribution is 6.46. The molecule has 6 nitrogen and oxygen atoms in total. The Labute approximate surface area is 209 Å². The Bertz CT molecular complexity index is 1110. The van der Waals surface area contributed by atoms with Crippen molar-refractivity contribution >= 4 is 17.4 Å². The summed E-state index contributed by atoms with van der Waals surface area (Å²) < 4.78 is 5.70. The fourth-order valence-electron chi connectivity index (χ4n) is 4.29. The van der Waals surface area contributed by atoms with Gasteiger partial charge in [0, 0.05) is 18.7 Å². The molecule has 188 valence electrons. The lowest BCUT2D eigenvalue weighted by molar-refractivity contribution is -0.140. The van der Waals surface area contributed by atoms with E-state index in [-0.39, 0.29) is 16.7 Å². The Morgan fingerprint density at radius 3 is 2.29 bits per heavy atom. The fraction of sp³-hybridized carbons (Fsp3) is 0.448. The first-order chi connectivity index (χ1) is 16.5. The first-order valence-electron chi connectivity index (χ1n) is 12.2. The Morgan fingerprint density at radius 2 is 1.74 bits per heavy atom. The number of rotatable bonds is 8. The second-order valence-electron chi connectivity index (χ2n) is 10.5. The van der Waals surface area contributed by atoms with Crippen LogP contribution in [0.25, 0.3) is 5.76 Å². The molecule has 1 atom stereocenters. The zero-order chi connectivity index (χ0) is 25.9. The molecule has 1 N–H and O–H groups in total. The molecule has 6 heteroatoms. The third-order valence-corrected chi connectivity index (χ3v) is 6.35. The average Bonchev–Trinajstić information content (AvgIpc) is 3.05. The number of ketones is 1. The predicted octanol–water partition coefficient (Wildman–Crippen LogP) is 5.06. The maximum atomic E-state index is 13.3. The van der Waals surface area contributed by atoms with Crippen LogP contribution in [0.4, 0.5) is 0 Å². The number of carbonyl (C=O) groups excluding carboxylic acids is 2. The number of ether oxygens (including phenoxy) is 1. The summed E-state index contributed by atoms with van der Waals surface area (Å²) in [4.78, 5) is 29.9. The number of aryl methyl sites for hydroxylation is 1. The van der Waals surface area contributed by atoms with Gasteiger partial charge in [-0.25, -0.2) is 0 Å². The van der Waals surface area contributed by atoms with Crippen LogP contribution in [-0.2, 0) is 15.0 Å². The molecule has 1 fully saturated rings. The zero-order valence-corrected chi connectivity index (χ0v) is 22.0. The number of Topliss-reactive ketones (excluding diaryl/α,β-unsaturated/α-hetero) is 1. The molecule has 1 saturated heterocycles. The minimum absolute atomic E-state index is 0.0238. The van der Waals surface area contributed by atoms with Gasteiger partial charge in [-0.05, 0) is 67.7 Å². The van der Waals surface area contributed by atoms with Crippen LogP contribution >= 0.6 is 0 Å². The van der Waals surface area contributed by atoms with E-state index in [1.165, 1.54) is 0 Å². The predicted molar refractivity (Wildman–Crippen MR) is 140 cm³/mol. The van der Waals surface area contributed by atoms with Crippen LogP contribution in [0.15, 0.2) is 48.0 Å². The van der Waals surface area contributed by atoms with Crippen molar-refractivity contribution in [2.24, 2.45) is 0 Å². The van der Waals surface area contributed by atoms with E-state index >= 15 is 0 Å². The molecule has 1 heterocycles. The summed E-state index contributed by atoms with van der Waals surface area (Å²) in [5, 5.41) is 11.4. The SMILES string of the molecule is CCCOc1ccc(/C(O)=C2/C(=O)C(=O)N(CCN(C)C)C2c2ccc(C(C)(C)C)cc2)c(C)c1. The summed E-state index contributed by atoms with van der Waals surface area (Å²) in [6.07, 6.45) is 0.894. The van der Waals surface area contributed by atoms with Gasteiger partial charge in [0.15, 0.2) is 0 Å². The number of benzene rings is 2. The van der Waals surface area contributed by atoms with Gasteiger partial charge in [-0.2, -0.15) is 0 Å². The third kappa shape index (κ3) is 5.76. The van der Waals surface area contributed by atoms with E-state index in [1.807, 2.05) is 63.2 Å². The summed E-state index contributed by atoms with van der Waals surface area (Å²) in [5.41, 5.74) is 3.36. The van der Waals surface area contributed by atoms with Gasteiger partial charge in [0.1, 0.15) is 11.5 Å². The van der Waals surface area contributed by atoms with Crippen LogP contribution < -0.4 is 4.74 Å². The zero-order valence-electron chi connectivity index (χ0n) is 22.0.